The van der Waals surface area contributed by atoms with Crippen LogP contribution in [0, 0.1) is 0 Å². The van der Waals surface area contributed by atoms with Crippen molar-refractivity contribution in [2.75, 3.05) is 5.73 Å². The lowest BCUT2D eigenvalue weighted by atomic mass is 10.0. The minimum atomic E-state index is -0.231. The first kappa shape index (κ1) is 10.2. The molecular weight excluding hydrogens is 202 g/mol. The van der Waals surface area contributed by atoms with E-state index < -0.39 is 0 Å². The first-order valence-corrected chi connectivity index (χ1v) is 4.87. The van der Waals surface area contributed by atoms with Gasteiger partial charge in [-0.2, -0.15) is 0 Å². The number of phenolic OH excluding ortho intramolecular Hbond substituents is 1. The van der Waals surface area contributed by atoms with Crippen LogP contribution in [0.2, 0.25) is 0 Å². The first-order valence-electron chi connectivity index (χ1n) is 4.87. The average Bonchev–Trinajstić information content (AvgIpc) is 2.32. The number of anilines is 1. The molecule has 0 amide bonds. The molecule has 0 heterocycles. The van der Waals surface area contributed by atoms with Crippen LogP contribution in [-0.2, 0) is 0 Å². The van der Waals surface area contributed by atoms with E-state index in [2.05, 4.69) is 0 Å². The van der Waals surface area contributed by atoms with Crippen LogP contribution in [0.5, 0.6) is 5.75 Å². The summed E-state index contributed by atoms with van der Waals surface area (Å²) in [6.07, 6.45) is 0. The highest BCUT2D eigenvalue weighted by molar-refractivity contribution is 6.11. The summed E-state index contributed by atoms with van der Waals surface area (Å²) in [7, 11) is 0. The quantitative estimate of drug-likeness (QED) is 0.456. The molecule has 0 fully saturated rings. The normalized spacial score (nSPS) is 10.0. The Bertz CT molecular complexity index is 521. The van der Waals surface area contributed by atoms with Gasteiger partial charge in [-0.1, -0.05) is 30.3 Å². The summed E-state index contributed by atoms with van der Waals surface area (Å²) in [5.41, 5.74) is 6.79. The molecule has 0 aromatic heterocycles. The summed E-state index contributed by atoms with van der Waals surface area (Å²) in [5, 5.41) is 9.59. The number of hydrogen-bond acceptors (Lipinski definition) is 3. The van der Waals surface area contributed by atoms with Crippen molar-refractivity contribution >= 4 is 11.5 Å². The zero-order valence-electron chi connectivity index (χ0n) is 8.55. The van der Waals surface area contributed by atoms with Gasteiger partial charge < -0.3 is 10.8 Å². The maximum Gasteiger partial charge on any atom is 0.196 e. The monoisotopic (exact) mass is 213 g/mol. The first-order chi connectivity index (χ1) is 7.68. The van der Waals surface area contributed by atoms with Gasteiger partial charge in [-0.3, -0.25) is 4.79 Å². The van der Waals surface area contributed by atoms with Gasteiger partial charge >= 0.3 is 0 Å². The molecule has 3 nitrogen and oxygen atoms in total. The number of phenols is 1. The van der Waals surface area contributed by atoms with Crippen molar-refractivity contribution < 1.29 is 9.90 Å². The van der Waals surface area contributed by atoms with E-state index in [1.807, 2.05) is 6.07 Å². The van der Waals surface area contributed by atoms with Crippen LogP contribution in [0.25, 0.3) is 0 Å². The van der Waals surface area contributed by atoms with Gasteiger partial charge in [-0.25, -0.2) is 0 Å². The van der Waals surface area contributed by atoms with E-state index in [0.29, 0.717) is 11.3 Å². The number of carbonyl (C=O) groups is 1. The van der Waals surface area contributed by atoms with E-state index in [1.54, 1.807) is 30.3 Å². The summed E-state index contributed by atoms with van der Waals surface area (Å²) in [6, 6.07) is 13.2. The molecule has 0 unspecified atom stereocenters. The third-order valence-electron chi connectivity index (χ3n) is 2.30. The number of hydrogen-bond donors (Lipinski definition) is 2. The molecule has 80 valence electrons. The summed E-state index contributed by atoms with van der Waals surface area (Å²) in [5.74, 6) is -0.284. The number of carbonyl (C=O) groups excluding carboxylic acids is 1. The molecule has 0 bridgehead atoms. The fourth-order valence-electron chi connectivity index (χ4n) is 1.48. The van der Waals surface area contributed by atoms with Gasteiger partial charge in [0.2, 0.25) is 0 Å². The zero-order valence-corrected chi connectivity index (χ0v) is 8.55. The summed E-state index contributed by atoms with van der Waals surface area (Å²) < 4.78 is 0. The van der Waals surface area contributed by atoms with Gasteiger partial charge in [-0.05, 0) is 18.2 Å². The molecule has 2 aromatic carbocycles. The van der Waals surface area contributed by atoms with Crippen molar-refractivity contribution in [3.63, 3.8) is 0 Å². The predicted octanol–water partition coefficient (Wildman–Crippen LogP) is 2.21. The van der Waals surface area contributed by atoms with Gasteiger partial charge in [-0.15, -0.1) is 0 Å². The fourth-order valence-corrected chi connectivity index (χ4v) is 1.48. The molecule has 16 heavy (non-hydrogen) atoms. The van der Waals surface area contributed by atoms with E-state index in [4.69, 9.17) is 5.73 Å². The van der Waals surface area contributed by atoms with E-state index in [0.717, 1.165) is 0 Å². The van der Waals surface area contributed by atoms with Crippen LogP contribution in [0.3, 0.4) is 0 Å². The number of ketones is 1. The van der Waals surface area contributed by atoms with Crippen molar-refractivity contribution in [3.8, 4) is 5.75 Å². The number of benzene rings is 2. The largest absolute Gasteiger partial charge is 0.507 e. The summed E-state index contributed by atoms with van der Waals surface area (Å²) >= 11 is 0. The van der Waals surface area contributed by atoms with Crippen LogP contribution in [0.15, 0.2) is 48.5 Å². The second kappa shape index (κ2) is 4.06. The second-order valence-corrected chi connectivity index (χ2v) is 3.47. The molecule has 2 rings (SSSR count). The highest BCUT2D eigenvalue weighted by atomic mass is 16.3. The van der Waals surface area contributed by atoms with Crippen molar-refractivity contribution in [2.24, 2.45) is 0 Å². The van der Waals surface area contributed by atoms with Crippen molar-refractivity contribution in [1.29, 1.82) is 0 Å². The maximum atomic E-state index is 12.0. The summed E-state index contributed by atoms with van der Waals surface area (Å²) in [4.78, 5) is 12.0. The third kappa shape index (κ3) is 1.88. The minimum Gasteiger partial charge on any atom is -0.507 e. The molecule has 0 aliphatic rings. The highest BCUT2D eigenvalue weighted by Crippen LogP contribution is 2.22. The van der Waals surface area contributed by atoms with Gasteiger partial charge in [0.15, 0.2) is 5.78 Å². The standard InChI is InChI=1S/C13H11NO2/c14-10-6-7-12(15)11(8-10)13(16)9-4-2-1-3-5-9/h1-8,15H,14H2. The minimum absolute atomic E-state index is 0.0527. The topological polar surface area (TPSA) is 63.3 Å². The molecule has 0 saturated carbocycles. The Morgan fingerprint density at radius 3 is 2.44 bits per heavy atom. The molecular formula is C13H11NO2. The van der Waals surface area contributed by atoms with E-state index >= 15 is 0 Å². The van der Waals surface area contributed by atoms with Gasteiger partial charge in [0.25, 0.3) is 0 Å². The molecule has 3 N–H and O–H groups in total. The Hall–Kier alpha value is -2.29. The molecule has 0 spiro atoms. The SMILES string of the molecule is Nc1ccc(O)c(C(=O)c2ccccc2)c1. The Morgan fingerprint density at radius 2 is 1.75 bits per heavy atom. The van der Waals surface area contributed by atoms with Gasteiger partial charge in [0.05, 0.1) is 5.56 Å². The Labute approximate surface area is 93.1 Å². The van der Waals surface area contributed by atoms with Crippen molar-refractivity contribution in [1.82, 2.24) is 0 Å². The van der Waals surface area contributed by atoms with Crippen molar-refractivity contribution in [2.45, 2.75) is 0 Å². The average molecular weight is 213 g/mol. The molecule has 0 aliphatic carbocycles. The lowest BCUT2D eigenvalue weighted by molar-refractivity contribution is 0.103. The summed E-state index contributed by atoms with van der Waals surface area (Å²) in [6.45, 7) is 0. The van der Waals surface area contributed by atoms with Crippen LogP contribution in [-0.4, -0.2) is 10.9 Å². The molecule has 0 atom stereocenters. The Balaban J connectivity index is 2.46. The lowest BCUT2D eigenvalue weighted by Crippen LogP contribution is -2.02. The van der Waals surface area contributed by atoms with Crippen molar-refractivity contribution in [3.05, 3.63) is 59.7 Å². The maximum absolute atomic E-state index is 12.0. The predicted molar refractivity (Wildman–Crippen MR) is 62.4 cm³/mol. The smallest absolute Gasteiger partial charge is 0.196 e. The molecule has 0 aliphatic heterocycles. The van der Waals surface area contributed by atoms with Crippen LogP contribution in [0.1, 0.15) is 15.9 Å². The number of nitrogen functional groups attached to an aromatic ring is 1. The molecule has 2 aromatic rings. The van der Waals surface area contributed by atoms with E-state index in [9.17, 15) is 9.90 Å². The van der Waals surface area contributed by atoms with E-state index in [1.165, 1.54) is 12.1 Å². The van der Waals surface area contributed by atoms with Gasteiger partial charge in [0.1, 0.15) is 5.75 Å². The lowest BCUT2D eigenvalue weighted by Gasteiger charge is -2.04. The second-order valence-electron chi connectivity index (χ2n) is 3.47. The van der Waals surface area contributed by atoms with Crippen LogP contribution in [0.4, 0.5) is 5.69 Å². The molecule has 0 saturated heterocycles. The van der Waals surface area contributed by atoms with Gasteiger partial charge in [0, 0.05) is 11.3 Å². The van der Waals surface area contributed by atoms with Crippen LogP contribution < -0.4 is 5.73 Å². The van der Waals surface area contributed by atoms with E-state index in [-0.39, 0.29) is 17.1 Å². The third-order valence-corrected chi connectivity index (χ3v) is 2.30. The van der Waals surface area contributed by atoms with Crippen LogP contribution >= 0.6 is 0 Å². The number of nitrogens with two attached hydrogens (primary N) is 1. The molecule has 0 radical (unpaired) electrons. The Morgan fingerprint density at radius 1 is 1.06 bits per heavy atom. The zero-order chi connectivity index (χ0) is 11.5. The fraction of sp³-hybridized carbons (Fsp3) is 0. The highest BCUT2D eigenvalue weighted by Gasteiger charge is 2.13. The molecule has 3 heteroatoms. The number of rotatable bonds is 2. The number of aromatic hydroxyl groups is 1. The Kier molecular flexibility index (Phi) is 2.60.